The molecule has 2 aromatic heterocycles. The van der Waals surface area contributed by atoms with Crippen molar-refractivity contribution in [3.63, 3.8) is 0 Å². The first-order valence-corrected chi connectivity index (χ1v) is 16.7. The molecule has 1 aliphatic rings. The van der Waals surface area contributed by atoms with Crippen molar-refractivity contribution in [1.29, 1.82) is 0 Å². The third kappa shape index (κ3) is 10.1. The van der Waals surface area contributed by atoms with Gasteiger partial charge in [0.2, 0.25) is 18.2 Å². The molecule has 0 aliphatic carbocycles. The van der Waals surface area contributed by atoms with Crippen molar-refractivity contribution in [2.75, 3.05) is 45.6 Å². The molecular formula is C27H39IN7O3P. The Balaban J connectivity index is 0.000000227. The van der Waals surface area contributed by atoms with Crippen LogP contribution in [-0.4, -0.2) is 93.8 Å². The number of benzene rings is 1. The summed E-state index contributed by atoms with van der Waals surface area (Å²) in [7, 11) is 3.95. The Morgan fingerprint density at radius 3 is 2.23 bits per heavy atom. The maximum Gasteiger partial charge on any atom is 0.229 e. The first-order chi connectivity index (χ1) is 18.5. The highest BCUT2D eigenvalue weighted by atomic mass is 127. The van der Waals surface area contributed by atoms with Crippen molar-refractivity contribution in [2.45, 2.75) is 33.7 Å². The summed E-state index contributed by atoms with van der Waals surface area (Å²) in [5.74, 6) is 0.0723. The van der Waals surface area contributed by atoms with Gasteiger partial charge in [-0.15, -0.1) is 0 Å². The number of hydrogen-bond acceptors (Lipinski definition) is 6. The van der Waals surface area contributed by atoms with Gasteiger partial charge in [-0.1, -0.05) is 36.4 Å². The molecule has 0 spiro atoms. The minimum absolute atomic E-state index is 0.0953. The predicted octanol–water partition coefficient (Wildman–Crippen LogP) is 4.13. The number of pyridine rings is 1. The van der Waals surface area contributed by atoms with Gasteiger partial charge in [0.1, 0.15) is 0 Å². The number of halogens is 1. The summed E-state index contributed by atoms with van der Waals surface area (Å²) < 4.78 is 1.85. The van der Waals surface area contributed by atoms with Gasteiger partial charge in [-0.2, -0.15) is 5.10 Å². The van der Waals surface area contributed by atoms with Gasteiger partial charge in [0.25, 0.3) is 0 Å². The monoisotopic (exact) mass is 667 g/mol. The quantitative estimate of drug-likeness (QED) is 0.241. The summed E-state index contributed by atoms with van der Waals surface area (Å²) >= 11 is 2.24. The van der Waals surface area contributed by atoms with E-state index in [1.807, 2.05) is 85.5 Å². The number of rotatable bonds is 6. The minimum Gasteiger partial charge on any atom is -0.341 e. The summed E-state index contributed by atoms with van der Waals surface area (Å²) in [6.07, 6.45) is 6.49. The number of carbonyl (C=O) groups is 3. The molecule has 1 aliphatic heterocycles. The molecule has 212 valence electrons. The van der Waals surface area contributed by atoms with Gasteiger partial charge in [-0.3, -0.25) is 19.4 Å². The van der Waals surface area contributed by atoms with E-state index < -0.39 is 0 Å². The third-order valence-electron chi connectivity index (χ3n) is 5.89. The van der Waals surface area contributed by atoms with E-state index in [9.17, 15) is 14.4 Å². The lowest BCUT2D eigenvalue weighted by Gasteiger charge is -2.42. The number of anilines is 1. The molecule has 4 rings (SSSR count). The number of amides is 3. The highest BCUT2D eigenvalue weighted by Crippen LogP contribution is 2.31. The Bertz CT molecular complexity index is 1180. The van der Waals surface area contributed by atoms with Gasteiger partial charge < -0.3 is 20.0 Å². The Labute approximate surface area is 245 Å². The summed E-state index contributed by atoms with van der Waals surface area (Å²) in [6, 6.07) is 12.1. The number of aromatic nitrogens is 3. The molecule has 3 aromatic rings. The minimum atomic E-state index is -0.388. The molecular weight excluding hydrogens is 628 g/mol. The van der Waals surface area contributed by atoms with Crippen LogP contribution < -0.4 is 5.32 Å². The molecule has 3 heterocycles. The number of fused-ring (bicyclic) bond motifs is 1. The first kappa shape index (κ1) is 32.6. The second kappa shape index (κ2) is 15.8. The average molecular weight is 668 g/mol. The molecule has 1 N–H and O–H groups in total. The fourth-order valence-electron chi connectivity index (χ4n) is 4.34. The summed E-state index contributed by atoms with van der Waals surface area (Å²) in [6.45, 7) is 10.1. The van der Waals surface area contributed by atoms with Crippen molar-refractivity contribution in [2.24, 2.45) is 5.41 Å². The van der Waals surface area contributed by atoms with Crippen molar-refractivity contribution in [1.82, 2.24) is 29.2 Å². The van der Waals surface area contributed by atoms with Crippen molar-refractivity contribution < 1.29 is 14.4 Å². The van der Waals surface area contributed by atoms with E-state index in [1.54, 1.807) is 23.5 Å². The van der Waals surface area contributed by atoms with E-state index >= 15 is 0 Å². The van der Waals surface area contributed by atoms with Crippen LogP contribution in [0.2, 0.25) is 0 Å². The third-order valence-corrected chi connectivity index (χ3v) is 7.76. The second-order valence-electron chi connectivity index (χ2n) is 10.2. The molecule has 1 fully saturated rings. The number of hydrogen-bond donors (Lipinski definition) is 1. The van der Waals surface area contributed by atoms with Crippen LogP contribution in [0.25, 0.3) is 10.9 Å². The van der Waals surface area contributed by atoms with Crippen molar-refractivity contribution >= 4 is 63.2 Å². The van der Waals surface area contributed by atoms with Crippen molar-refractivity contribution in [3.8, 4) is 0 Å². The Kier molecular flexibility index (Phi) is 13.2. The van der Waals surface area contributed by atoms with Crippen LogP contribution in [0, 0.1) is 5.41 Å². The van der Waals surface area contributed by atoms with E-state index in [2.05, 4.69) is 37.4 Å². The Hall–Kier alpha value is -2.63. The highest BCUT2D eigenvalue weighted by Gasteiger charge is 2.36. The summed E-state index contributed by atoms with van der Waals surface area (Å²) in [4.78, 5) is 44.0. The molecule has 1 aromatic carbocycles. The number of nitrogens with zero attached hydrogens (tertiary/aromatic N) is 6. The fraction of sp³-hybridized carbons (Fsp3) is 0.444. The number of nitrogens with one attached hydrogen (secondary N) is 1. The molecule has 39 heavy (non-hydrogen) atoms. The molecule has 0 saturated carbocycles. The maximum absolute atomic E-state index is 12.6. The summed E-state index contributed by atoms with van der Waals surface area (Å²) in [5.41, 5.74) is 1.25. The molecule has 1 saturated heterocycles. The lowest BCUT2D eigenvalue weighted by molar-refractivity contribution is -0.147. The maximum atomic E-state index is 12.6. The lowest BCUT2D eigenvalue weighted by Crippen LogP contribution is -2.57. The lowest BCUT2D eigenvalue weighted by atomic mass is 9.90. The van der Waals surface area contributed by atoms with Crippen molar-refractivity contribution in [3.05, 3.63) is 55.0 Å². The predicted molar refractivity (Wildman–Crippen MR) is 167 cm³/mol. The van der Waals surface area contributed by atoms with E-state index in [1.165, 1.54) is 6.92 Å². The van der Waals surface area contributed by atoms with Crippen LogP contribution >= 0.6 is 28.4 Å². The van der Waals surface area contributed by atoms with Gasteiger partial charge in [0.05, 0.1) is 35.4 Å². The normalized spacial score (nSPS) is 15.4. The zero-order chi connectivity index (χ0) is 29.0. The van der Waals surface area contributed by atoms with Crippen LogP contribution in [-0.2, 0) is 14.4 Å². The van der Waals surface area contributed by atoms with Crippen LogP contribution in [0.3, 0.4) is 0 Å². The number of piperazine rings is 1. The molecule has 12 heteroatoms. The van der Waals surface area contributed by atoms with E-state index in [-0.39, 0.29) is 23.3 Å². The smallest absolute Gasteiger partial charge is 0.229 e. The summed E-state index contributed by atoms with van der Waals surface area (Å²) in [5, 5.41) is 7.89. The molecule has 10 nitrogen and oxygen atoms in total. The fourth-order valence-corrected chi connectivity index (χ4v) is 5.87. The van der Waals surface area contributed by atoms with E-state index in [4.69, 9.17) is 0 Å². The standard InChI is InChI=1S/C13H25N3O2.C8H8IN4OP.C6H6/c1-11-8-15(10-17)6-7-16(11)12(18)13(2,3)9-14(4)5;1-5(14)12-7-4-10-2-6-3-11-13(15-9)8(6)7;1-2-4-6-5-3-1/h10-11H,6-9H2,1-5H3;2-4,15H,1H3,(H,12,14);1-6H. The van der Waals surface area contributed by atoms with Gasteiger partial charge in [-0.25, -0.2) is 4.45 Å². The first-order valence-electron chi connectivity index (χ1n) is 12.6. The number of carbonyl (C=O) groups excluding carboxylic acids is 3. The topological polar surface area (TPSA) is 104 Å². The highest BCUT2D eigenvalue weighted by molar-refractivity contribution is 14.2. The zero-order valence-electron chi connectivity index (χ0n) is 23.5. The molecule has 0 bridgehead atoms. The zero-order valence-corrected chi connectivity index (χ0v) is 26.6. The van der Waals surface area contributed by atoms with Crippen LogP contribution in [0.5, 0.6) is 0 Å². The second-order valence-corrected chi connectivity index (χ2v) is 12.2. The average Bonchev–Trinajstić information content (AvgIpc) is 3.33. The van der Waals surface area contributed by atoms with Gasteiger partial charge in [-0.05, 0) is 56.9 Å². The van der Waals surface area contributed by atoms with Crippen LogP contribution in [0.15, 0.2) is 55.0 Å². The molecule has 2 unspecified atom stereocenters. The largest absolute Gasteiger partial charge is 0.341 e. The van der Waals surface area contributed by atoms with Crippen LogP contribution in [0.4, 0.5) is 5.69 Å². The molecule has 0 radical (unpaired) electrons. The van der Waals surface area contributed by atoms with E-state index in [0.717, 1.165) is 23.9 Å². The SMILES string of the molecule is CC(=O)Nc1cncc2cnn(PI)c12.CC1CN(C=O)CCN1C(=O)C(C)(C)CN(C)C.c1ccccc1. The molecule has 3 amide bonds. The van der Waals surface area contributed by atoms with E-state index in [0.29, 0.717) is 31.7 Å². The van der Waals surface area contributed by atoms with Gasteiger partial charge in [0.15, 0.2) is 0 Å². The van der Waals surface area contributed by atoms with Gasteiger partial charge in [0, 0.05) is 50.7 Å². The Morgan fingerprint density at radius 1 is 1.13 bits per heavy atom. The van der Waals surface area contributed by atoms with Crippen LogP contribution in [0.1, 0.15) is 27.7 Å². The Morgan fingerprint density at radius 2 is 1.74 bits per heavy atom. The molecule has 2 atom stereocenters. The van der Waals surface area contributed by atoms with Gasteiger partial charge >= 0.3 is 0 Å².